The van der Waals surface area contributed by atoms with E-state index in [0.717, 1.165) is 52.0 Å². The zero-order valence-electron chi connectivity index (χ0n) is 15.4. The Kier molecular flexibility index (Phi) is 8.59. The SMILES string of the molecule is CCC[C@H](C(N)=O)[C@@H](CC(C)C)C(=O)N1CCN(CCC)CC1. The van der Waals surface area contributed by atoms with Crippen LogP contribution in [-0.4, -0.2) is 54.3 Å². The van der Waals surface area contributed by atoms with E-state index in [2.05, 4.69) is 25.7 Å². The number of carbonyl (C=O) groups excluding carboxylic acids is 2. The van der Waals surface area contributed by atoms with Crippen molar-refractivity contribution in [3.8, 4) is 0 Å². The molecular formula is C18H35N3O2. The third-order valence-electron chi connectivity index (χ3n) is 4.72. The number of piperazine rings is 1. The van der Waals surface area contributed by atoms with Crippen LogP contribution in [0.15, 0.2) is 0 Å². The third-order valence-corrected chi connectivity index (χ3v) is 4.72. The molecule has 1 saturated heterocycles. The maximum atomic E-state index is 13.0. The number of nitrogens with zero attached hydrogens (tertiary/aromatic N) is 2. The van der Waals surface area contributed by atoms with Crippen LogP contribution in [-0.2, 0) is 9.59 Å². The number of hydrogen-bond donors (Lipinski definition) is 1. The van der Waals surface area contributed by atoms with Gasteiger partial charge in [-0.25, -0.2) is 0 Å². The smallest absolute Gasteiger partial charge is 0.226 e. The highest BCUT2D eigenvalue weighted by molar-refractivity contribution is 5.87. The molecule has 0 bridgehead atoms. The molecule has 1 aliphatic rings. The first-order chi connectivity index (χ1) is 10.9. The largest absolute Gasteiger partial charge is 0.369 e. The van der Waals surface area contributed by atoms with Crippen molar-refractivity contribution in [2.24, 2.45) is 23.5 Å². The van der Waals surface area contributed by atoms with Gasteiger partial charge in [0.25, 0.3) is 0 Å². The van der Waals surface area contributed by atoms with Gasteiger partial charge in [-0.2, -0.15) is 0 Å². The molecule has 0 saturated carbocycles. The van der Waals surface area contributed by atoms with Gasteiger partial charge in [0.1, 0.15) is 0 Å². The Labute approximate surface area is 141 Å². The summed E-state index contributed by atoms with van der Waals surface area (Å²) in [4.78, 5) is 29.2. The lowest BCUT2D eigenvalue weighted by atomic mass is 9.81. The topological polar surface area (TPSA) is 66.6 Å². The van der Waals surface area contributed by atoms with Crippen molar-refractivity contribution < 1.29 is 9.59 Å². The molecule has 0 aromatic heterocycles. The number of amides is 2. The Morgan fingerprint density at radius 3 is 2.04 bits per heavy atom. The van der Waals surface area contributed by atoms with Gasteiger partial charge >= 0.3 is 0 Å². The monoisotopic (exact) mass is 325 g/mol. The summed E-state index contributed by atoms with van der Waals surface area (Å²) >= 11 is 0. The van der Waals surface area contributed by atoms with Crippen molar-refractivity contribution in [2.75, 3.05) is 32.7 Å². The molecule has 5 nitrogen and oxygen atoms in total. The highest BCUT2D eigenvalue weighted by Gasteiger charge is 2.35. The molecule has 2 amide bonds. The zero-order valence-corrected chi connectivity index (χ0v) is 15.4. The minimum atomic E-state index is -0.330. The van der Waals surface area contributed by atoms with E-state index >= 15 is 0 Å². The van der Waals surface area contributed by atoms with Gasteiger partial charge in [-0.1, -0.05) is 34.1 Å². The van der Waals surface area contributed by atoms with E-state index in [9.17, 15) is 9.59 Å². The van der Waals surface area contributed by atoms with Crippen molar-refractivity contribution in [2.45, 2.75) is 53.4 Å². The summed E-state index contributed by atoms with van der Waals surface area (Å²) in [5.74, 6) is -0.402. The molecule has 0 aromatic rings. The van der Waals surface area contributed by atoms with Crippen molar-refractivity contribution in [3.05, 3.63) is 0 Å². The molecule has 2 N–H and O–H groups in total. The van der Waals surface area contributed by atoms with E-state index in [1.54, 1.807) is 0 Å². The summed E-state index contributed by atoms with van der Waals surface area (Å²) in [7, 11) is 0. The molecule has 0 spiro atoms. The number of carbonyl (C=O) groups is 2. The first-order valence-corrected chi connectivity index (χ1v) is 9.21. The first-order valence-electron chi connectivity index (χ1n) is 9.21. The molecule has 0 unspecified atom stereocenters. The Morgan fingerprint density at radius 2 is 1.61 bits per heavy atom. The van der Waals surface area contributed by atoms with E-state index < -0.39 is 0 Å². The van der Waals surface area contributed by atoms with Gasteiger partial charge in [-0.3, -0.25) is 14.5 Å². The molecule has 23 heavy (non-hydrogen) atoms. The van der Waals surface area contributed by atoms with Crippen LogP contribution in [0.25, 0.3) is 0 Å². The van der Waals surface area contributed by atoms with Crippen molar-refractivity contribution in [1.29, 1.82) is 0 Å². The van der Waals surface area contributed by atoms with Gasteiger partial charge in [-0.15, -0.1) is 0 Å². The van der Waals surface area contributed by atoms with Crippen LogP contribution in [0, 0.1) is 17.8 Å². The number of rotatable bonds is 9. The van der Waals surface area contributed by atoms with Gasteiger partial charge in [0.15, 0.2) is 0 Å². The van der Waals surface area contributed by atoms with Crippen LogP contribution in [0.4, 0.5) is 0 Å². The molecule has 0 aromatic carbocycles. The van der Waals surface area contributed by atoms with Gasteiger partial charge in [0.05, 0.1) is 0 Å². The predicted octanol–water partition coefficient (Wildman–Crippen LogP) is 2.10. The lowest BCUT2D eigenvalue weighted by molar-refractivity contribution is -0.143. The Balaban J connectivity index is 2.77. The van der Waals surface area contributed by atoms with Crippen LogP contribution in [0.3, 0.4) is 0 Å². The van der Waals surface area contributed by atoms with Crippen molar-refractivity contribution in [1.82, 2.24) is 9.80 Å². The second-order valence-electron chi connectivity index (χ2n) is 7.20. The molecule has 5 heteroatoms. The average molecular weight is 325 g/mol. The maximum absolute atomic E-state index is 13.0. The second-order valence-corrected chi connectivity index (χ2v) is 7.20. The quantitative estimate of drug-likeness (QED) is 0.706. The van der Waals surface area contributed by atoms with Gasteiger partial charge in [0, 0.05) is 38.0 Å². The molecule has 1 rings (SSSR count). The fraction of sp³-hybridized carbons (Fsp3) is 0.889. The first kappa shape index (κ1) is 19.9. The normalized spacial score (nSPS) is 18.9. The molecule has 0 aliphatic carbocycles. The lowest BCUT2D eigenvalue weighted by Gasteiger charge is -2.38. The number of primary amides is 1. The van der Waals surface area contributed by atoms with Crippen LogP contribution in [0.5, 0.6) is 0 Å². The Hall–Kier alpha value is -1.10. The number of hydrogen-bond acceptors (Lipinski definition) is 3. The fourth-order valence-electron chi connectivity index (χ4n) is 3.54. The zero-order chi connectivity index (χ0) is 17.4. The summed E-state index contributed by atoms with van der Waals surface area (Å²) in [5.41, 5.74) is 5.61. The van der Waals surface area contributed by atoms with E-state index in [1.807, 2.05) is 11.8 Å². The molecular weight excluding hydrogens is 290 g/mol. The summed E-state index contributed by atoms with van der Waals surface area (Å²) in [6.45, 7) is 12.9. The van der Waals surface area contributed by atoms with Crippen LogP contribution >= 0.6 is 0 Å². The van der Waals surface area contributed by atoms with E-state index in [4.69, 9.17) is 5.73 Å². The van der Waals surface area contributed by atoms with E-state index in [-0.39, 0.29) is 23.7 Å². The second kappa shape index (κ2) is 9.91. The molecule has 1 aliphatic heterocycles. The minimum Gasteiger partial charge on any atom is -0.369 e. The van der Waals surface area contributed by atoms with Crippen molar-refractivity contribution >= 4 is 11.8 Å². The summed E-state index contributed by atoms with van der Waals surface area (Å²) in [6.07, 6.45) is 3.46. The molecule has 0 radical (unpaired) electrons. The lowest BCUT2D eigenvalue weighted by Crippen LogP contribution is -2.52. The predicted molar refractivity (Wildman–Crippen MR) is 93.8 cm³/mol. The summed E-state index contributed by atoms with van der Waals surface area (Å²) in [6, 6.07) is 0. The average Bonchev–Trinajstić information content (AvgIpc) is 2.50. The maximum Gasteiger partial charge on any atom is 0.226 e. The molecule has 1 fully saturated rings. The molecule has 134 valence electrons. The fourth-order valence-corrected chi connectivity index (χ4v) is 3.54. The van der Waals surface area contributed by atoms with E-state index in [0.29, 0.717) is 12.3 Å². The third kappa shape index (κ3) is 6.13. The number of nitrogens with two attached hydrogens (primary N) is 1. The van der Waals surface area contributed by atoms with Gasteiger partial charge in [-0.05, 0) is 31.7 Å². The summed E-state index contributed by atoms with van der Waals surface area (Å²) < 4.78 is 0. The minimum absolute atomic E-state index is 0.132. The summed E-state index contributed by atoms with van der Waals surface area (Å²) in [5, 5.41) is 0. The van der Waals surface area contributed by atoms with Crippen LogP contribution in [0.1, 0.15) is 53.4 Å². The standard InChI is InChI=1S/C18H35N3O2/c1-5-7-15(17(19)22)16(13-14(3)4)18(23)21-11-9-20(8-6-2)10-12-21/h14-16H,5-13H2,1-4H3,(H2,19,22)/t15-,16+/m0/s1. The van der Waals surface area contributed by atoms with E-state index in [1.165, 1.54) is 0 Å². The van der Waals surface area contributed by atoms with Gasteiger partial charge < -0.3 is 10.6 Å². The van der Waals surface area contributed by atoms with Crippen LogP contribution in [0.2, 0.25) is 0 Å². The van der Waals surface area contributed by atoms with Crippen LogP contribution < -0.4 is 5.73 Å². The Bertz CT molecular complexity index is 376. The molecule has 2 atom stereocenters. The highest BCUT2D eigenvalue weighted by atomic mass is 16.2. The van der Waals surface area contributed by atoms with Crippen molar-refractivity contribution in [3.63, 3.8) is 0 Å². The Morgan fingerprint density at radius 1 is 1.00 bits per heavy atom. The molecule has 1 heterocycles. The highest BCUT2D eigenvalue weighted by Crippen LogP contribution is 2.27. The van der Waals surface area contributed by atoms with Gasteiger partial charge in [0.2, 0.25) is 11.8 Å².